The molecule has 2 nitrogen and oxygen atoms in total. The number of benzene rings is 1. The number of hydrogen-bond donors (Lipinski definition) is 0. The van der Waals surface area contributed by atoms with Crippen LogP contribution < -0.4 is 4.74 Å². The number of hydrogen-bond acceptors (Lipinski definition) is 2. The van der Waals surface area contributed by atoms with Crippen LogP contribution >= 0.6 is 0 Å². The lowest BCUT2D eigenvalue weighted by Crippen LogP contribution is -2.07. The van der Waals surface area contributed by atoms with E-state index in [2.05, 4.69) is 12.6 Å². The Hall–Kier alpha value is -1.28. The first kappa shape index (κ1) is 10.8. The lowest BCUT2D eigenvalue weighted by atomic mass is 10.3. The molecule has 0 saturated heterocycles. The van der Waals surface area contributed by atoms with Gasteiger partial charge in [-0.15, -0.1) is 0 Å². The summed E-state index contributed by atoms with van der Waals surface area (Å²) in [7, 11) is 0. The van der Waals surface area contributed by atoms with E-state index in [9.17, 15) is 0 Å². The molecule has 1 rings (SSSR count). The molecule has 0 aliphatic heterocycles. The Kier molecular flexibility index (Phi) is 4.79. The van der Waals surface area contributed by atoms with Crippen LogP contribution in [-0.2, 0) is 4.74 Å². The second-order valence-electron chi connectivity index (χ2n) is 3.09. The Bertz CT molecular complexity index is 267. The van der Waals surface area contributed by atoms with Gasteiger partial charge in [0.05, 0.1) is 13.2 Å². The van der Waals surface area contributed by atoms with Gasteiger partial charge in [0, 0.05) is 0 Å². The number of rotatable bonds is 6. The van der Waals surface area contributed by atoms with E-state index < -0.39 is 0 Å². The van der Waals surface area contributed by atoms with Crippen LogP contribution in [0, 0.1) is 6.07 Å². The average molecular weight is 191 g/mol. The molecule has 0 heterocycles. The molecule has 0 atom stereocenters. The first-order valence-corrected chi connectivity index (χ1v) is 4.60. The summed E-state index contributed by atoms with van der Waals surface area (Å²) in [6, 6.07) is 10.3. The minimum Gasteiger partial charge on any atom is -0.491 e. The van der Waals surface area contributed by atoms with Crippen LogP contribution in [0.2, 0.25) is 0 Å². The summed E-state index contributed by atoms with van der Waals surface area (Å²) in [4.78, 5) is 0. The zero-order valence-corrected chi connectivity index (χ0v) is 8.45. The Morgan fingerprint density at radius 2 is 2.07 bits per heavy atom. The molecule has 14 heavy (non-hydrogen) atoms. The van der Waals surface area contributed by atoms with E-state index in [1.165, 1.54) is 0 Å². The predicted molar refractivity (Wildman–Crippen MR) is 56.4 cm³/mol. The first-order chi connectivity index (χ1) is 6.79. The first-order valence-electron chi connectivity index (χ1n) is 4.60. The summed E-state index contributed by atoms with van der Waals surface area (Å²) in [6.07, 6.45) is 0. The standard InChI is InChI=1S/C12H15O2/c1-11(2)10-13-8-9-14-12-6-4-3-5-7-12/h4-7H,1,8-10H2,2H3. The highest BCUT2D eigenvalue weighted by atomic mass is 16.5. The second-order valence-corrected chi connectivity index (χ2v) is 3.09. The highest BCUT2D eigenvalue weighted by Crippen LogP contribution is 2.07. The van der Waals surface area contributed by atoms with Gasteiger partial charge in [-0.3, -0.25) is 0 Å². The SMILES string of the molecule is C=C(C)COCCOc1cc[c]cc1. The molecule has 75 valence electrons. The molecule has 1 aromatic rings. The average Bonchev–Trinajstić information content (AvgIpc) is 2.18. The minimum absolute atomic E-state index is 0.567. The van der Waals surface area contributed by atoms with Gasteiger partial charge in [0.1, 0.15) is 12.4 Å². The highest BCUT2D eigenvalue weighted by molar-refractivity contribution is 5.20. The molecule has 0 saturated carbocycles. The van der Waals surface area contributed by atoms with Crippen molar-refractivity contribution in [3.05, 3.63) is 42.5 Å². The molecule has 0 fully saturated rings. The van der Waals surface area contributed by atoms with Crippen molar-refractivity contribution in [3.63, 3.8) is 0 Å². The Balaban J connectivity index is 2.08. The normalized spacial score (nSPS) is 9.79. The Labute approximate surface area is 85.2 Å². The van der Waals surface area contributed by atoms with Gasteiger partial charge >= 0.3 is 0 Å². The molecule has 1 radical (unpaired) electrons. The minimum atomic E-state index is 0.567. The summed E-state index contributed by atoms with van der Waals surface area (Å²) in [5.41, 5.74) is 1.03. The fourth-order valence-electron chi connectivity index (χ4n) is 0.933. The molecule has 0 N–H and O–H groups in total. The summed E-state index contributed by atoms with van der Waals surface area (Å²) in [5.74, 6) is 0.850. The third-order valence-corrected chi connectivity index (χ3v) is 1.53. The van der Waals surface area contributed by atoms with Crippen LogP contribution in [0.1, 0.15) is 6.92 Å². The molecule has 0 unspecified atom stereocenters. The van der Waals surface area contributed by atoms with Gasteiger partial charge in [0.25, 0.3) is 0 Å². The van der Waals surface area contributed by atoms with Gasteiger partial charge in [-0.05, 0) is 25.1 Å². The summed E-state index contributed by atoms with van der Waals surface area (Å²) >= 11 is 0. The van der Waals surface area contributed by atoms with E-state index in [1.807, 2.05) is 31.2 Å². The van der Waals surface area contributed by atoms with Crippen LogP contribution in [0.4, 0.5) is 0 Å². The van der Waals surface area contributed by atoms with Crippen molar-refractivity contribution in [1.82, 2.24) is 0 Å². The molecule has 0 aliphatic carbocycles. The van der Waals surface area contributed by atoms with Crippen LogP contribution in [0.3, 0.4) is 0 Å². The predicted octanol–water partition coefficient (Wildman–Crippen LogP) is 2.46. The number of ether oxygens (including phenoxy) is 2. The molecule has 0 amide bonds. The van der Waals surface area contributed by atoms with Crippen LogP contribution in [0.25, 0.3) is 0 Å². The topological polar surface area (TPSA) is 18.5 Å². The van der Waals surface area contributed by atoms with Crippen molar-refractivity contribution in [2.24, 2.45) is 0 Å². The molecule has 1 aromatic carbocycles. The van der Waals surface area contributed by atoms with E-state index in [0.29, 0.717) is 19.8 Å². The highest BCUT2D eigenvalue weighted by Gasteiger charge is 1.91. The van der Waals surface area contributed by atoms with Crippen molar-refractivity contribution in [3.8, 4) is 5.75 Å². The molecule has 0 spiro atoms. The van der Waals surface area contributed by atoms with Gasteiger partial charge < -0.3 is 9.47 Å². The van der Waals surface area contributed by atoms with Crippen LogP contribution in [0.15, 0.2) is 36.4 Å². The molecule has 0 aliphatic rings. The Morgan fingerprint density at radius 1 is 1.36 bits per heavy atom. The fraction of sp³-hybridized carbons (Fsp3) is 0.333. The van der Waals surface area contributed by atoms with E-state index in [-0.39, 0.29) is 0 Å². The summed E-state index contributed by atoms with van der Waals surface area (Å²) in [6.45, 7) is 7.44. The van der Waals surface area contributed by atoms with Gasteiger partial charge in [0.15, 0.2) is 0 Å². The third-order valence-electron chi connectivity index (χ3n) is 1.53. The largest absolute Gasteiger partial charge is 0.491 e. The lowest BCUT2D eigenvalue weighted by molar-refractivity contribution is 0.117. The molecular weight excluding hydrogens is 176 g/mol. The van der Waals surface area contributed by atoms with Gasteiger partial charge in [-0.2, -0.15) is 0 Å². The van der Waals surface area contributed by atoms with E-state index in [4.69, 9.17) is 9.47 Å². The maximum atomic E-state index is 5.41. The maximum absolute atomic E-state index is 5.41. The summed E-state index contributed by atoms with van der Waals surface area (Å²) < 4.78 is 10.7. The third kappa shape index (κ3) is 4.67. The maximum Gasteiger partial charge on any atom is 0.119 e. The zero-order chi connectivity index (χ0) is 10.2. The quantitative estimate of drug-likeness (QED) is 0.508. The molecule has 0 bridgehead atoms. The van der Waals surface area contributed by atoms with Crippen molar-refractivity contribution in [2.45, 2.75) is 6.92 Å². The van der Waals surface area contributed by atoms with Crippen molar-refractivity contribution >= 4 is 0 Å². The van der Waals surface area contributed by atoms with Gasteiger partial charge in [-0.1, -0.05) is 24.3 Å². The lowest BCUT2D eigenvalue weighted by Gasteiger charge is -2.06. The Morgan fingerprint density at radius 3 is 2.71 bits per heavy atom. The zero-order valence-electron chi connectivity index (χ0n) is 8.45. The van der Waals surface area contributed by atoms with Gasteiger partial charge in [-0.25, -0.2) is 0 Å². The summed E-state index contributed by atoms with van der Waals surface area (Å²) in [5, 5.41) is 0. The van der Waals surface area contributed by atoms with Gasteiger partial charge in [0.2, 0.25) is 0 Å². The monoisotopic (exact) mass is 191 g/mol. The van der Waals surface area contributed by atoms with Crippen molar-refractivity contribution in [1.29, 1.82) is 0 Å². The van der Waals surface area contributed by atoms with Crippen LogP contribution in [-0.4, -0.2) is 19.8 Å². The molecular formula is C12H15O2. The van der Waals surface area contributed by atoms with Crippen molar-refractivity contribution in [2.75, 3.05) is 19.8 Å². The second kappa shape index (κ2) is 6.22. The van der Waals surface area contributed by atoms with Crippen LogP contribution in [0.5, 0.6) is 5.75 Å². The van der Waals surface area contributed by atoms with Crippen molar-refractivity contribution < 1.29 is 9.47 Å². The van der Waals surface area contributed by atoms with E-state index in [1.54, 1.807) is 0 Å². The van der Waals surface area contributed by atoms with E-state index >= 15 is 0 Å². The smallest absolute Gasteiger partial charge is 0.119 e. The fourth-order valence-corrected chi connectivity index (χ4v) is 0.933. The molecule has 2 heteroatoms. The molecule has 0 aromatic heterocycles. The van der Waals surface area contributed by atoms with E-state index in [0.717, 1.165) is 11.3 Å².